The topological polar surface area (TPSA) is 69.2 Å². The third kappa shape index (κ3) is 3.22. The van der Waals surface area contributed by atoms with Crippen molar-refractivity contribution in [3.05, 3.63) is 41.1 Å². The molecule has 1 aromatic carbocycles. The molecule has 19 heavy (non-hydrogen) atoms. The van der Waals surface area contributed by atoms with E-state index >= 15 is 0 Å². The van der Waals surface area contributed by atoms with Gasteiger partial charge in [-0.15, -0.1) is 0 Å². The van der Waals surface area contributed by atoms with Crippen molar-refractivity contribution in [2.24, 2.45) is 0 Å². The van der Waals surface area contributed by atoms with Crippen LogP contribution in [0.5, 0.6) is 0 Å². The zero-order valence-corrected chi connectivity index (χ0v) is 10.9. The smallest absolute Gasteiger partial charge is 0.160 e. The number of carbonyl (C=O) groups is 2. The number of nitrogens with one attached hydrogen (secondary N) is 1. The summed E-state index contributed by atoms with van der Waals surface area (Å²) >= 11 is 0. The van der Waals surface area contributed by atoms with Crippen LogP contribution in [0.15, 0.2) is 30.0 Å². The van der Waals surface area contributed by atoms with Crippen LogP contribution >= 0.6 is 0 Å². The van der Waals surface area contributed by atoms with Crippen LogP contribution in [0.3, 0.4) is 0 Å². The second-order valence-corrected chi connectivity index (χ2v) is 4.76. The molecule has 0 spiro atoms. The highest BCUT2D eigenvalue weighted by Crippen LogP contribution is 2.21. The largest absolute Gasteiger partial charge is 0.545 e. The molecule has 0 aromatic heterocycles. The molecule has 0 saturated heterocycles. The number of Topliss-reactive ketones (excluding diaryl/α,β-unsaturated/α-hetero) is 1. The molecular formula is C15H16NO3-. The fraction of sp³-hybridized carbons (Fsp3) is 0.333. The molecule has 1 N–H and O–H groups in total. The predicted octanol–water partition coefficient (Wildman–Crippen LogP) is 1.80. The molecule has 4 nitrogen and oxygen atoms in total. The lowest BCUT2D eigenvalue weighted by molar-refractivity contribution is -0.255. The van der Waals surface area contributed by atoms with Crippen molar-refractivity contribution in [1.29, 1.82) is 0 Å². The maximum atomic E-state index is 11.6. The van der Waals surface area contributed by atoms with E-state index in [1.54, 1.807) is 18.3 Å². The van der Waals surface area contributed by atoms with E-state index in [0.717, 1.165) is 36.1 Å². The van der Waals surface area contributed by atoms with Crippen molar-refractivity contribution < 1.29 is 14.7 Å². The van der Waals surface area contributed by atoms with E-state index in [0.29, 0.717) is 6.42 Å². The Labute approximate surface area is 112 Å². The van der Waals surface area contributed by atoms with Gasteiger partial charge in [0.2, 0.25) is 0 Å². The van der Waals surface area contributed by atoms with Gasteiger partial charge in [-0.05, 0) is 49.4 Å². The van der Waals surface area contributed by atoms with Gasteiger partial charge in [0, 0.05) is 23.9 Å². The van der Waals surface area contributed by atoms with Gasteiger partial charge in [0.1, 0.15) is 0 Å². The average molecular weight is 258 g/mol. The van der Waals surface area contributed by atoms with Gasteiger partial charge < -0.3 is 15.2 Å². The molecule has 1 aromatic rings. The highest BCUT2D eigenvalue weighted by molar-refractivity contribution is 5.96. The Hall–Kier alpha value is -2.10. The first kappa shape index (κ1) is 13.3. The molecule has 4 heteroatoms. The van der Waals surface area contributed by atoms with Gasteiger partial charge in [0.15, 0.2) is 5.78 Å². The van der Waals surface area contributed by atoms with E-state index in [-0.39, 0.29) is 11.3 Å². The lowest BCUT2D eigenvalue weighted by atomic mass is 9.94. The summed E-state index contributed by atoms with van der Waals surface area (Å²) in [6.45, 7) is 1.82. The van der Waals surface area contributed by atoms with E-state index < -0.39 is 5.97 Å². The number of hydrogen-bond donors (Lipinski definition) is 1. The Bertz CT molecular complexity index is 546. The Morgan fingerprint density at radius 3 is 2.68 bits per heavy atom. The quantitative estimate of drug-likeness (QED) is 0.839. The maximum absolute atomic E-state index is 11.6. The first-order valence-electron chi connectivity index (χ1n) is 6.38. The Morgan fingerprint density at radius 1 is 1.32 bits per heavy atom. The molecule has 0 heterocycles. The number of hydrogen-bond acceptors (Lipinski definition) is 4. The van der Waals surface area contributed by atoms with Crippen molar-refractivity contribution in [1.82, 2.24) is 0 Å². The molecule has 2 rings (SSSR count). The van der Waals surface area contributed by atoms with Crippen LogP contribution < -0.4 is 10.4 Å². The molecule has 1 aliphatic carbocycles. The number of carboxylic acid groups (broad SMARTS) is 1. The van der Waals surface area contributed by atoms with E-state index in [9.17, 15) is 14.7 Å². The number of rotatable bonds is 3. The first-order chi connectivity index (χ1) is 9.08. The summed E-state index contributed by atoms with van der Waals surface area (Å²) in [6, 6.07) is 4.73. The SMILES string of the molecule is Cc1cc(C(=O)[O-])ccc1N/C=C1\CCCCC1=O. The van der Waals surface area contributed by atoms with Crippen molar-refractivity contribution >= 4 is 17.4 Å². The fourth-order valence-corrected chi connectivity index (χ4v) is 2.17. The number of carbonyl (C=O) groups excluding carboxylic acids is 2. The number of aryl methyl sites for hydroxylation is 1. The molecule has 0 aliphatic heterocycles. The van der Waals surface area contributed by atoms with Crippen LogP contribution in [0, 0.1) is 6.92 Å². The monoisotopic (exact) mass is 258 g/mol. The second kappa shape index (κ2) is 5.69. The average Bonchev–Trinajstić information content (AvgIpc) is 2.39. The highest BCUT2D eigenvalue weighted by atomic mass is 16.4. The van der Waals surface area contributed by atoms with Gasteiger partial charge in [-0.25, -0.2) is 0 Å². The molecule has 0 atom stereocenters. The number of benzene rings is 1. The van der Waals surface area contributed by atoms with E-state index in [4.69, 9.17) is 0 Å². The maximum Gasteiger partial charge on any atom is 0.160 e. The highest BCUT2D eigenvalue weighted by Gasteiger charge is 2.14. The van der Waals surface area contributed by atoms with Crippen LogP contribution in [0.1, 0.15) is 41.6 Å². The van der Waals surface area contributed by atoms with Gasteiger partial charge in [0.05, 0.1) is 5.97 Å². The van der Waals surface area contributed by atoms with Crippen LogP contribution in [0.4, 0.5) is 5.69 Å². The third-order valence-electron chi connectivity index (χ3n) is 3.32. The summed E-state index contributed by atoms with van der Waals surface area (Å²) in [4.78, 5) is 22.4. The molecule has 1 saturated carbocycles. The second-order valence-electron chi connectivity index (χ2n) is 4.76. The number of anilines is 1. The normalized spacial score (nSPS) is 17.5. The van der Waals surface area contributed by atoms with Crippen molar-refractivity contribution in [3.8, 4) is 0 Å². The molecule has 0 unspecified atom stereocenters. The van der Waals surface area contributed by atoms with E-state index in [1.807, 2.05) is 6.92 Å². The van der Waals surface area contributed by atoms with Crippen LogP contribution in [-0.2, 0) is 4.79 Å². The minimum atomic E-state index is -1.18. The number of aromatic carboxylic acids is 1. The minimum Gasteiger partial charge on any atom is -0.545 e. The Kier molecular flexibility index (Phi) is 4.00. The van der Waals surface area contributed by atoms with Gasteiger partial charge >= 0.3 is 0 Å². The summed E-state index contributed by atoms with van der Waals surface area (Å²) in [5.74, 6) is -0.988. The predicted molar refractivity (Wildman–Crippen MR) is 70.7 cm³/mol. The lowest BCUT2D eigenvalue weighted by Crippen LogP contribution is -2.22. The van der Waals surface area contributed by atoms with Gasteiger partial charge in [-0.3, -0.25) is 4.79 Å². The summed E-state index contributed by atoms with van der Waals surface area (Å²) < 4.78 is 0. The number of carboxylic acids is 1. The lowest BCUT2D eigenvalue weighted by Gasteiger charge is -2.14. The standard InChI is InChI=1S/C15H17NO3/c1-10-8-11(15(18)19)6-7-13(10)16-9-12-4-2-3-5-14(12)17/h6-9,16H,2-5H2,1H3,(H,18,19)/p-1/b12-9+. The summed E-state index contributed by atoms with van der Waals surface area (Å²) in [7, 11) is 0. The molecule has 0 amide bonds. The Morgan fingerprint density at radius 2 is 2.05 bits per heavy atom. The van der Waals surface area contributed by atoms with Crippen molar-refractivity contribution in [2.75, 3.05) is 5.32 Å². The van der Waals surface area contributed by atoms with Gasteiger partial charge in [-0.2, -0.15) is 0 Å². The zero-order valence-electron chi connectivity index (χ0n) is 10.9. The zero-order chi connectivity index (χ0) is 13.8. The Balaban J connectivity index is 2.13. The summed E-state index contributed by atoms with van der Waals surface area (Å²) in [5.41, 5.74) is 2.58. The number of ketones is 1. The van der Waals surface area contributed by atoms with Gasteiger partial charge in [0.25, 0.3) is 0 Å². The van der Waals surface area contributed by atoms with E-state index in [2.05, 4.69) is 5.32 Å². The molecule has 0 radical (unpaired) electrons. The third-order valence-corrected chi connectivity index (χ3v) is 3.32. The molecule has 1 aliphatic rings. The van der Waals surface area contributed by atoms with Crippen LogP contribution in [0.25, 0.3) is 0 Å². The van der Waals surface area contributed by atoms with Crippen molar-refractivity contribution in [2.45, 2.75) is 32.6 Å². The molecule has 0 bridgehead atoms. The van der Waals surface area contributed by atoms with Crippen LogP contribution in [0.2, 0.25) is 0 Å². The molecular weight excluding hydrogens is 242 g/mol. The van der Waals surface area contributed by atoms with Gasteiger partial charge in [-0.1, -0.05) is 6.07 Å². The molecule has 100 valence electrons. The summed E-state index contributed by atoms with van der Waals surface area (Å²) in [5, 5.41) is 13.8. The summed E-state index contributed by atoms with van der Waals surface area (Å²) in [6.07, 6.45) is 5.18. The minimum absolute atomic E-state index is 0.157. The molecule has 1 fully saturated rings. The van der Waals surface area contributed by atoms with Crippen molar-refractivity contribution in [3.63, 3.8) is 0 Å². The van der Waals surface area contributed by atoms with Crippen LogP contribution in [-0.4, -0.2) is 11.8 Å². The fourth-order valence-electron chi connectivity index (χ4n) is 2.17. The first-order valence-corrected chi connectivity index (χ1v) is 6.38. The number of allylic oxidation sites excluding steroid dienone is 1. The van der Waals surface area contributed by atoms with E-state index in [1.165, 1.54) is 6.07 Å².